The summed E-state index contributed by atoms with van der Waals surface area (Å²) in [6, 6.07) is 4.01. The molecule has 0 amide bonds. The molecular formula is C19H30N4O2. The summed E-state index contributed by atoms with van der Waals surface area (Å²) in [5.74, 6) is 0.655. The highest BCUT2D eigenvalue weighted by Crippen LogP contribution is 2.27. The molecule has 0 aliphatic carbocycles. The Morgan fingerprint density at radius 1 is 1.32 bits per heavy atom. The zero-order valence-electron chi connectivity index (χ0n) is 15.6. The number of aliphatic hydroxyl groups is 1. The van der Waals surface area contributed by atoms with E-state index in [1.165, 1.54) is 19.3 Å². The minimum Gasteiger partial charge on any atom is -0.467 e. The molecule has 6 nitrogen and oxygen atoms in total. The fourth-order valence-electron chi connectivity index (χ4n) is 3.47. The fourth-order valence-corrected chi connectivity index (χ4v) is 3.47. The number of aliphatic hydroxyl groups excluding tert-OH is 1. The van der Waals surface area contributed by atoms with Gasteiger partial charge in [-0.25, -0.2) is 4.68 Å². The van der Waals surface area contributed by atoms with E-state index in [-0.39, 0.29) is 5.54 Å². The Morgan fingerprint density at radius 2 is 2.16 bits per heavy atom. The zero-order valence-corrected chi connectivity index (χ0v) is 15.6. The molecule has 138 valence electrons. The second-order valence-electron chi connectivity index (χ2n) is 8.07. The molecule has 6 heteroatoms. The molecule has 2 aromatic heterocycles. The predicted molar refractivity (Wildman–Crippen MR) is 96.0 cm³/mol. The molecule has 0 bridgehead atoms. The number of furan rings is 1. The molecule has 0 aromatic carbocycles. The monoisotopic (exact) mass is 346 g/mol. The maximum absolute atomic E-state index is 10.5. The van der Waals surface area contributed by atoms with E-state index in [0.29, 0.717) is 18.2 Å². The van der Waals surface area contributed by atoms with Crippen LogP contribution in [0.5, 0.6) is 0 Å². The van der Waals surface area contributed by atoms with Gasteiger partial charge in [0.15, 0.2) is 0 Å². The van der Waals surface area contributed by atoms with Crippen LogP contribution in [0.3, 0.4) is 0 Å². The average molecular weight is 346 g/mol. The fraction of sp³-hybridized carbons (Fsp3) is 0.684. The van der Waals surface area contributed by atoms with Crippen LogP contribution in [0.15, 0.2) is 29.0 Å². The Labute approximate surface area is 149 Å². The zero-order chi connectivity index (χ0) is 17.9. The summed E-state index contributed by atoms with van der Waals surface area (Å²) >= 11 is 0. The molecule has 1 N–H and O–H groups in total. The Hall–Kier alpha value is -1.66. The van der Waals surface area contributed by atoms with E-state index in [1.54, 1.807) is 6.26 Å². The van der Waals surface area contributed by atoms with Gasteiger partial charge in [-0.05, 0) is 58.7 Å². The van der Waals surface area contributed by atoms with Crippen molar-refractivity contribution in [1.29, 1.82) is 0 Å². The molecule has 3 rings (SSSR count). The molecule has 0 spiro atoms. The summed E-state index contributed by atoms with van der Waals surface area (Å²) in [5.41, 5.74) is 0.938. The average Bonchev–Trinajstić information content (AvgIpc) is 3.19. The summed E-state index contributed by atoms with van der Waals surface area (Å²) in [5, 5.41) is 19.1. The van der Waals surface area contributed by atoms with Gasteiger partial charge < -0.3 is 9.52 Å². The Morgan fingerprint density at radius 3 is 2.84 bits per heavy atom. The van der Waals surface area contributed by atoms with Crippen molar-refractivity contribution in [2.24, 2.45) is 0 Å². The van der Waals surface area contributed by atoms with E-state index >= 15 is 0 Å². The molecule has 1 aliphatic rings. The van der Waals surface area contributed by atoms with Gasteiger partial charge in [0.25, 0.3) is 0 Å². The molecule has 1 fully saturated rings. The van der Waals surface area contributed by atoms with Gasteiger partial charge in [0.1, 0.15) is 11.9 Å². The molecule has 3 heterocycles. The molecular weight excluding hydrogens is 316 g/mol. The lowest BCUT2D eigenvalue weighted by Gasteiger charge is -2.30. The number of rotatable bonds is 5. The normalized spacial score (nSPS) is 21.2. The molecule has 0 radical (unpaired) electrons. The van der Waals surface area contributed by atoms with Gasteiger partial charge in [0.2, 0.25) is 0 Å². The third kappa shape index (κ3) is 4.70. The molecule has 2 atom stereocenters. The minimum absolute atomic E-state index is 0.0566. The first-order valence-corrected chi connectivity index (χ1v) is 9.31. The van der Waals surface area contributed by atoms with Crippen molar-refractivity contribution in [3.05, 3.63) is 36.0 Å². The quantitative estimate of drug-likeness (QED) is 0.897. The van der Waals surface area contributed by atoms with Crippen molar-refractivity contribution in [1.82, 2.24) is 19.9 Å². The van der Waals surface area contributed by atoms with Gasteiger partial charge in [-0.15, -0.1) is 5.10 Å². The number of nitrogens with zero attached hydrogens (tertiary/aromatic N) is 4. The van der Waals surface area contributed by atoms with Crippen LogP contribution in [0.4, 0.5) is 0 Å². The summed E-state index contributed by atoms with van der Waals surface area (Å²) < 4.78 is 7.29. The van der Waals surface area contributed by atoms with Gasteiger partial charge in [-0.1, -0.05) is 18.1 Å². The first-order valence-electron chi connectivity index (χ1n) is 9.31. The number of hydrogen-bond donors (Lipinski definition) is 1. The van der Waals surface area contributed by atoms with E-state index in [9.17, 15) is 5.11 Å². The van der Waals surface area contributed by atoms with Crippen molar-refractivity contribution < 1.29 is 9.52 Å². The lowest BCUT2D eigenvalue weighted by Crippen LogP contribution is -2.35. The topological polar surface area (TPSA) is 67.3 Å². The highest BCUT2D eigenvalue weighted by atomic mass is 16.4. The van der Waals surface area contributed by atoms with Crippen LogP contribution in [0.1, 0.15) is 70.4 Å². The van der Waals surface area contributed by atoms with Crippen LogP contribution in [-0.2, 0) is 12.1 Å². The van der Waals surface area contributed by atoms with E-state index in [2.05, 4.69) is 36.0 Å². The van der Waals surface area contributed by atoms with E-state index in [4.69, 9.17) is 4.42 Å². The Balaban J connectivity index is 1.69. The maximum Gasteiger partial charge on any atom is 0.132 e. The van der Waals surface area contributed by atoms with Crippen LogP contribution in [0, 0.1) is 0 Å². The standard InChI is InChI=1S/C19H30N4O2/c1-19(2,3)23-14-15(20-21-23)13-22-10-6-4-5-8-16(22)12-17(24)18-9-7-11-25-18/h7,9,11,14,16-17,24H,4-6,8,10,12-13H2,1-3H3. The summed E-state index contributed by atoms with van der Waals surface area (Å²) in [6.45, 7) is 8.20. The largest absolute Gasteiger partial charge is 0.467 e. The van der Waals surface area contributed by atoms with Gasteiger partial charge >= 0.3 is 0 Å². The van der Waals surface area contributed by atoms with Crippen molar-refractivity contribution in [3.63, 3.8) is 0 Å². The molecule has 0 saturated carbocycles. The smallest absolute Gasteiger partial charge is 0.132 e. The van der Waals surface area contributed by atoms with Gasteiger partial charge in [-0.2, -0.15) is 0 Å². The van der Waals surface area contributed by atoms with Crippen LogP contribution in [0.25, 0.3) is 0 Å². The third-order valence-corrected chi connectivity index (χ3v) is 4.96. The van der Waals surface area contributed by atoms with Crippen molar-refractivity contribution in [3.8, 4) is 0 Å². The van der Waals surface area contributed by atoms with Crippen LogP contribution < -0.4 is 0 Å². The highest BCUT2D eigenvalue weighted by Gasteiger charge is 2.26. The molecule has 1 aliphatic heterocycles. The van der Waals surface area contributed by atoms with E-state index in [0.717, 1.165) is 25.2 Å². The summed E-state index contributed by atoms with van der Waals surface area (Å²) in [6.07, 6.45) is 8.57. The lowest BCUT2D eigenvalue weighted by molar-refractivity contribution is 0.0825. The van der Waals surface area contributed by atoms with Crippen LogP contribution >= 0.6 is 0 Å². The van der Waals surface area contributed by atoms with Gasteiger partial charge in [-0.3, -0.25) is 4.90 Å². The van der Waals surface area contributed by atoms with Crippen LogP contribution in [0.2, 0.25) is 0 Å². The van der Waals surface area contributed by atoms with Gasteiger partial charge in [0, 0.05) is 12.6 Å². The van der Waals surface area contributed by atoms with Crippen molar-refractivity contribution in [2.75, 3.05) is 6.54 Å². The Kier molecular flexibility index (Phi) is 5.59. The van der Waals surface area contributed by atoms with E-state index in [1.807, 2.05) is 23.0 Å². The summed E-state index contributed by atoms with van der Waals surface area (Å²) in [4.78, 5) is 2.45. The van der Waals surface area contributed by atoms with E-state index < -0.39 is 6.10 Å². The number of hydrogen-bond acceptors (Lipinski definition) is 5. The van der Waals surface area contributed by atoms with Crippen LogP contribution in [-0.4, -0.2) is 37.6 Å². The number of likely N-dealkylation sites (tertiary alicyclic amines) is 1. The lowest BCUT2D eigenvalue weighted by atomic mass is 10.0. The second kappa shape index (κ2) is 7.70. The maximum atomic E-state index is 10.5. The minimum atomic E-state index is -0.550. The predicted octanol–water partition coefficient (Wildman–Crippen LogP) is 3.49. The molecule has 1 saturated heterocycles. The summed E-state index contributed by atoms with van der Waals surface area (Å²) in [7, 11) is 0. The molecule has 2 aromatic rings. The number of aromatic nitrogens is 3. The SMILES string of the molecule is CC(C)(C)n1cc(CN2CCCCCC2CC(O)c2ccco2)nn1. The first kappa shape index (κ1) is 18.1. The molecule has 2 unspecified atom stereocenters. The van der Waals surface area contributed by atoms with Gasteiger partial charge in [0.05, 0.1) is 23.7 Å². The third-order valence-electron chi connectivity index (χ3n) is 4.96. The van der Waals surface area contributed by atoms with Crippen molar-refractivity contribution in [2.45, 2.75) is 77.1 Å². The highest BCUT2D eigenvalue weighted by molar-refractivity contribution is 5.03. The molecule has 25 heavy (non-hydrogen) atoms. The Bertz CT molecular complexity index is 645. The second-order valence-corrected chi connectivity index (χ2v) is 8.07. The van der Waals surface area contributed by atoms with Crippen molar-refractivity contribution >= 4 is 0 Å². The first-order chi connectivity index (χ1) is 11.9.